The second-order valence-corrected chi connectivity index (χ2v) is 5.02. The van der Waals surface area contributed by atoms with Crippen molar-refractivity contribution in [1.82, 2.24) is 5.32 Å². The number of hydrogen-bond donors (Lipinski definition) is 1. The van der Waals surface area contributed by atoms with Crippen molar-refractivity contribution in [3.63, 3.8) is 0 Å². The number of carbonyl (C=O) groups is 2. The highest BCUT2D eigenvalue weighted by Gasteiger charge is 2.29. The van der Waals surface area contributed by atoms with Gasteiger partial charge in [0.1, 0.15) is 0 Å². The summed E-state index contributed by atoms with van der Waals surface area (Å²) in [6, 6.07) is 7.78. The van der Waals surface area contributed by atoms with Crippen molar-refractivity contribution in [3.8, 4) is 0 Å². The van der Waals surface area contributed by atoms with Crippen LogP contribution < -0.4 is 10.2 Å². The van der Waals surface area contributed by atoms with Crippen molar-refractivity contribution in [2.45, 2.75) is 26.7 Å². The van der Waals surface area contributed by atoms with E-state index in [0.717, 1.165) is 24.1 Å². The predicted octanol–water partition coefficient (Wildman–Crippen LogP) is 1.87. The molecule has 2 rings (SSSR count). The smallest absolute Gasteiger partial charge is 0.223 e. The molecule has 1 aromatic carbocycles. The zero-order valence-electron chi connectivity index (χ0n) is 11.5. The number of benzene rings is 1. The molecule has 1 N–H and O–H groups in total. The van der Waals surface area contributed by atoms with Gasteiger partial charge in [-0.15, -0.1) is 0 Å². The maximum absolute atomic E-state index is 11.7. The monoisotopic (exact) mass is 260 g/mol. The average Bonchev–Trinajstić information content (AvgIpc) is 3.19. The lowest BCUT2D eigenvalue weighted by molar-refractivity contribution is -0.122. The maximum atomic E-state index is 11.7. The predicted molar refractivity (Wildman–Crippen MR) is 74.9 cm³/mol. The van der Waals surface area contributed by atoms with E-state index in [9.17, 15) is 9.59 Å². The Morgan fingerprint density at radius 1 is 1.32 bits per heavy atom. The molecule has 0 aromatic heterocycles. The molecule has 1 saturated carbocycles. The van der Waals surface area contributed by atoms with Crippen LogP contribution in [0.3, 0.4) is 0 Å². The first kappa shape index (κ1) is 13.6. The summed E-state index contributed by atoms with van der Waals surface area (Å²) in [7, 11) is 0. The van der Waals surface area contributed by atoms with Crippen molar-refractivity contribution in [2.24, 2.45) is 5.92 Å². The van der Waals surface area contributed by atoms with Gasteiger partial charge >= 0.3 is 0 Å². The van der Waals surface area contributed by atoms with Crippen LogP contribution in [0.25, 0.3) is 0 Å². The number of hydrogen-bond acceptors (Lipinski definition) is 2. The van der Waals surface area contributed by atoms with Crippen LogP contribution >= 0.6 is 0 Å². The van der Waals surface area contributed by atoms with E-state index in [1.807, 2.05) is 31.2 Å². The van der Waals surface area contributed by atoms with Crippen molar-refractivity contribution >= 4 is 17.5 Å². The number of para-hydroxylation sites is 1. The highest BCUT2D eigenvalue weighted by Crippen LogP contribution is 2.28. The lowest BCUT2D eigenvalue weighted by Crippen LogP contribution is -2.38. The van der Waals surface area contributed by atoms with Crippen LogP contribution in [0.5, 0.6) is 0 Å². The van der Waals surface area contributed by atoms with Gasteiger partial charge in [-0.05, 0) is 31.4 Å². The maximum Gasteiger partial charge on any atom is 0.223 e. The first-order chi connectivity index (χ1) is 9.09. The van der Waals surface area contributed by atoms with E-state index in [1.165, 1.54) is 0 Å². The Morgan fingerprint density at radius 3 is 2.58 bits per heavy atom. The largest absolute Gasteiger partial charge is 0.354 e. The Hall–Kier alpha value is -1.84. The van der Waals surface area contributed by atoms with Crippen LogP contribution in [0.4, 0.5) is 5.69 Å². The summed E-state index contributed by atoms with van der Waals surface area (Å²) < 4.78 is 0. The van der Waals surface area contributed by atoms with Gasteiger partial charge in [-0.25, -0.2) is 0 Å². The number of rotatable bonds is 5. The third-order valence-electron chi connectivity index (χ3n) is 3.37. The molecular weight excluding hydrogens is 240 g/mol. The molecule has 2 amide bonds. The lowest BCUT2D eigenvalue weighted by Gasteiger charge is -2.23. The van der Waals surface area contributed by atoms with Crippen LogP contribution in [-0.4, -0.2) is 24.9 Å². The molecule has 0 aliphatic heterocycles. The average molecular weight is 260 g/mol. The van der Waals surface area contributed by atoms with Gasteiger partial charge in [-0.3, -0.25) is 9.59 Å². The molecule has 0 unspecified atom stereocenters. The fraction of sp³-hybridized carbons (Fsp3) is 0.467. The van der Waals surface area contributed by atoms with Crippen LogP contribution in [0.2, 0.25) is 0 Å². The van der Waals surface area contributed by atoms with Gasteiger partial charge in [-0.1, -0.05) is 18.2 Å². The molecular formula is C15H20N2O2. The van der Waals surface area contributed by atoms with E-state index >= 15 is 0 Å². The van der Waals surface area contributed by atoms with E-state index in [2.05, 4.69) is 5.32 Å². The first-order valence-electron chi connectivity index (χ1n) is 6.71. The van der Waals surface area contributed by atoms with Gasteiger partial charge in [0.05, 0.1) is 0 Å². The molecule has 102 valence electrons. The number of amides is 2. The van der Waals surface area contributed by atoms with Crippen LogP contribution in [-0.2, 0) is 9.59 Å². The Kier molecular flexibility index (Phi) is 4.20. The zero-order chi connectivity index (χ0) is 13.8. The minimum atomic E-state index is -0.00466. The van der Waals surface area contributed by atoms with E-state index < -0.39 is 0 Å². The second-order valence-electron chi connectivity index (χ2n) is 5.02. The van der Waals surface area contributed by atoms with E-state index in [0.29, 0.717) is 13.1 Å². The topological polar surface area (TPSA) is 49.4 Å². The number of nitrogens with zero attached hydrogens (tertiary/aromatic N) is 1. The van der Waals surface area contributed by atoms with Gasteiger partial charge in [0, 0.05) is 31.6 Å². The summed E-state index contributed by atoms with van der Waals surface area (Å²) in [6.45, 7) is 4.55. The fourth-order valence-corrected chi connectivity index (χ4v) is 2.09. The summed E-state index contributed by atoms with van der Waals surface area (Å²) in [5, 5.41) is 2.89. The molecule has 19 heavy (non-hydrogen) atoms. The van der Waals surface area contributed by atoms with E-state index in [-0.39, 0.29) is 17.7 Å². The summed E-state index contributed by atoms with van der Waals surface area (Å²) in [4.78, 5) is 25.0. The zero-order valence-corrected chi connectivity index (χ0v) is 11.5. The van der Waals surface area contributed by atoms with E-state index in [4.69, 9.17) is 0 Å². The van der Waals surface area contributed by atoms with Gasteiger partial charge in [0.25, 0.3) is 0 Å². The normalized spacial score (nSPS) is 14.0. The summed E-state index contributed by atoms with van der Waals surface area (Å²) in [6.07, 6.45) is 2.00. The Balaban J connectivity index is 1.94. The third-order valence-corrected chi connectivity index (χ3v) is 3.37. The molecule has 1 aromatic rings. The number of carbonyl (C=O) groups excluding carboxylic acids is 2. The van der Waals surface area contributed by atoms with Crippen molar-refractivity contribution in [2.75, 3.05) is 18.0 Å². The van der Waals surface area contributed by atoms with Crippen molar-refractivity contribution in [3.05, 3.63) is 29.8 Å². The lowest BCUT2D eigenvalue weighted by atomic mass is 10.2. The minimum Gasteiger partial charge on any atom is -0.354 e. The highest BCUT2D eigenvalue weighted by molar-refractivity contribution is 5.92. The summed E-state index contributed by atoms with van der Waals surface area (Å²) in [5.41, 5.74) is 1.97. The molecule has 0 spiro atoms. The second kappa shape index (κ2) is 5.87. The molecule has 0 atom stereocenters. The fourth-order valence-electron chi connectivity index (χ4n) is 2.09. The molecule has 4 heteroatoms. The molecule has 1 aliphatic rings. The van der Waals surface area contributed by atoms with Gasteiger partial charge in [-0.2, -0.15) is 0 Å². The molecule has 0 radical (unpaired) electrons. The standard InChI is InChI=1S/C15H20N2O2/c1-11-5-3-4-6-14(11)17(12(2)18)10-9-16-15(19)13-7-8-13/h3-6,13H,7-10H2,1-2H3,(H,16,19). The van der Waals surface area contributed by atoms with Gasteiger partial charge < -0.3 is 10.2 Å². The molecule has 0 heterocycles. The van der Waals surface area contributed by atoms with Crippen molar-refractivity contribution < 1.29 is 9.59 Å². The van der Waals surface area contributed by atoms with E-state index in [1.54, 1.807) is 11.8 Å². The SMILES string of the molecule is CC(=O)N(CCNC(=O)C1CC1)c1ccccc1C. The Labute approximate surface area is 113 Å². The number of aryl methyl sites for hydroxylation is 1. The Bertz CT molecular complexity index is 481. The highest BCUT2D eigenvalue weighted by atomic mass is 16.2. The Morgan fingerprint density at radius 2 is 2.00 bits per heavy atom. The van der Waals surface area contributed by atoms with Crippen LogP contribution in [0.1, 0.15) is 25.3 Å². The van der Waals surface area contributed by atoms with Gasteiger partial charge in [0.2, 0.25) is 11.8 Å². The molecule has 4 nitrogen and oxygen atoms in total. The molecule has 1 aliphatic carbocycles. The molecule has 0 saturated heterocycles. The van der Waals surface area contributed by atoms with Crippen LogP contribution in [0, 0.1) is 12.8 Å². The molecule has 1 fully saturated rings. The number of anilines is 1. The first-order valence-corrected chi connectivity index (χ1v) is 6.71. The minimum absolute atomic E-state index is 0.00466. The summed E-state index contributed by atoms with van der Waals surface area (Å²) in [5.74, 6) is 0.326. The third kappa shape index (κ3) is 3.56. The molecule has 0 bridgehead atoms. The van der Waals surface area contributed by atoms with Crippen molar-refractivity contribution in [1.29, 1.82) is 0 Å². The van der Waals surface area contributed by atoms with Crippen LogP contribution in [0.15, 0.2) is 24.3 Å². The number of nitrogens with one attached hydrogen (secondary N) is 1. The summed E-state index contributed by atoms with van der Waals surface area (Å²) >= 11 is 0. The quantitative estimate of drug-likeness (QED) is 0.878. The van der Waals surface area contributed by atoms with Gasteiger partial charge in [0.15, 0.2) is 0 Å².